The van der Waals surface area contributed by atoms with E-state index >= 15 is 0 Å². The molecule has 4 amide bonds. The molecule has 30 heavy (non-hydrogen) atoms. The Hall–Kier alpha value is -3.35. The number of nitrogens with one attached hydrogen (secondary N) is 2. The van der Waals surface area contributed by atoms with Gasteiger partial charge in [-0.3, -0.25) is 14.5 Å². The smallest absolute Gasteiger partial charge is 0.325 e. The summed E-state index contributed by atoms with van der Waals surface area (Å²) < 4.78 is 5.13. The van der Waals surface area contributed by atoms with Crippen LogP contribution in [0, 0.1) is 0 Å². The average molecular weight is 409 g/mol. The molecule has 7 nitrogen and oxygen atoms in total. The number of ether oxygens (including phenoxy) is 1. The minimum atomic E-state index is -0.670. The van der Waals surface area contributed by atoms with Crippen LogP contribution in [-0.2, 0) is 16.0 Å². The maximum Gasteiger partial charge on any atom is 0.325 e. The summed E-state index contributed by atoms with van der Waals surface area (Å²) in [6.45, 7) is 2.33. The van der Waals surface area contributed by atoms with Crippen molar-refractivity contribution in [3.05, 3.63) is 65.7 Å². The standard InChI is InChI=1S/C23H27N3O4/c1-16(18-6-4-3-5-7-18)26-22(28)20(25-23(26)29)12-13-21(27)24-15-14-17-8-10-19(30-2)11-9-17/h3-11,16,20H,12-15H2,1-2H3,(H,24,27)(H,25,29)/t16-,20-/m0/s1. The van der Waals surface area contributed by atoms with Crippen LogP contribution in [0.2, 0.25) is 0 Å². The van der Waals surface area contributed by atoms with Gasteiger partial charge in [0.1, 0.15) is 11.8 Å². The van der Waals surface area contributed by atoms with Crippen molar-refractivity contribution in [2.75, 3.05) is 13.7 Å². The van der Waals surface area contributed by atoms with E-state index in [9.17, 15) is 14.4 Å². The lowest BCUT2D eigenvalue weighted by molar-refractivity contribution is -0.129. The maximum atomic E-state index is 12.7. The lowest BCUT2D eigenvalue weighted by Crippen LogP contribution is -2.34. The molecule has 1 saturated heterocycles. The highest BCUT2D eigenvalue weighted by atomic mass is 16.5. The first-order valence-electron chi connectivity index (χ1n) is 10.1. The Labute approximate surface area is 176 Å². The first-order chi connectivity index (χ1) is 14.5. The normalized spacial score (nSPS) is 16.9. The van der Waals surface area contributed by atoms with Crippen LogP contribution in [0.3, 0.4) is 0 Å². The zero-order chi connectivity index (χ0) is 21.5. The summed E-state index contributed by atoms with van der Waals surface area (Å²) in [6, 6.07) is 15.6. The second-order valence-corrected chi connectivity index (χ2v) is 7.28. The molecule has 1 aliphatic heterocycles. The zero-order valence-electron chi connectivity index (χ0n) is 17.3. The molecule has 0 saturated carbocycles. The molecule has 2 aromatic carbocycles. The van der Waals surface area contributed by atoms with E-state index in [-0.39, 0.29) is 30.7 Å². The van der Waals surface area contributed by atoms with Gasteiger partial charge in [-0.2, -0.15) is 0 Å². The molecule has 2 atom stereocenters. The van der Waals surface area contributed by atoms with Crippen LogP contribution in [0.15, 0.2) is 54.6 Å². The highest BCUT2D eigenvalue weighted by Gasteiger charge is 2.40. The van der Waals surface area contributed by atoms with E-state index in [0.717, 1.165) is 16.9 Å². The second kappa shape index (κ2) is 9.91. The number of carbonyl (C=O) groups is 3. The van der Waals surface area contributed by atoms with Crippen molar-refractivity contribution in [1.29, 1.82) is 0 Å². The molecule has 0 unspecified atom stereocenters. The summed E-state index contributed by atoms with van der Waals surface area (Å²) >= 11 is 0. The van der Waals surface area contributed by atoms with Crippen molar-refractivity contribution < 1.29 is 19.1 Å². The first-order valence-corrected chi connectivity index (χ1v) is 10.1. The van der Waals surface area contributed by atoms with Crippen molar-refractivity contribution in [2.45, 2.75) is 38.3 Å². The fourth-order valence-corrected chi connectivity index (χ4v) is 3.49. The minimum Gasteiger partial charge on any atom is -0.497 e. The Balaban J connectivity index is 1.44. The Morgan fingerprint density at radius 2 is 1.83 bits per heavy atom. The second-order valence-electron chi connectivity index (χ2n) is 7.28. The van der Waals surface area contributed by atoms with Crippen LogP contribution in [0.4, 0.5) is 4.79 Å². The molecule has 3 rings (SSSR count). The van der Waals surface area contributed by atoms with Crippen LogP contribution in [0.1, 0.15) is 36.9 Å². The van der Waals surface area contributed by atoms with Crippen molar-refractivity contribution in [2.24, 2.45) is 0 Å². The van der Waals surface area contributed by atoms with Gasteiger partial charge in [0.2, 0.25) is 5.91 Å². The monoisotopic (exact) mass is 409 g/mol. The van der Waals surface area contributed by atoms with Crippen LogP contribution >= 0.6 is 0 Å². The van der Waals surface area contributed by atoms with Crippen molar-refractivity contribution in [3.63, 3.8) is 0 Å². The van der Waals surface area contributed by atoms with Gasteiger partial charge in [0, 0.05) is 13.0 Å². The Morgan fingerprint density at radius 1 is 1.13 bits per heavy atom. The average Bonchev–Trinajstić information content (AvgIpc) is 3.06. The quantitative estimate of drug-likeness (QED) is 0.624. The van der Waals surface area contributed by atoms with Crippen LogP contribution in [0.5, 0.6) is 5.75 Å². The highest BCUT2D eigenvalue weighted by molar-refractivity contribution is 6.04. The molecule has 0 bridgehead atoms. The van der Waals surface area contributed by atoms with E-state index in [4.69, 9.17) is 4.74 Å². The van der Waals surface area contributed by atoms with Crippen LogP contribution in [0.25, 0.3) is 0 Å². The first kappa shape index (κ1) is 21.4. The van der Waals surface area contributed by atoms with Gasteiger partial charge in [-0.1, -0.05) is 42.5 Å². The Kier molecular flexibility index (Phi) is 7.06. The Bertz CT molecular complexity index is 883. The Morgan fingerprint density at radius 3 is 2.50 bits per heavy atom. The largest absolute Gasteiger partial charge is 0.497 e. The number of methoxy groups -OCH3 is 1. The minimum absolute atomic E-state index is 0.139. The molecular weight excluding hydrogens is 382 g/mol. The summed E-state index contributed by atoms with van der Waals surface area (Å²) in [7, 11) is 1.62. The van der Waals surface area contributed by atoms with Gasteiger partial charge >= 0.3 is 6.03 Å². The molecule has 0 radical (unpaired) electrons. The van der Waals surface area contributed by atoms with E-state index < -0.39 is 12.1 Å². The van der Waals surface area contributed by atoms with Crippen molar-refractivity contribution in [1.82, 2.24) is 15.5 Å². The van der Waals surface area contributed by atoms with Crippen LogP contribution < -0.4 is 15.4 Å². The number of carbonyl (C=O) groups excluding carboxylic acids is 3. The molecule has 158 valence electrons. The number of hydrogen-bond donors (Lipinski definition) is 2. The van der Waals surface area contributed by atoms with Gasteiger partial charge < -0.3 is 15.4 Å². The van der Waals surface area contributed by atoms with E-state index in [1.807, 2.05) is 61.5 Å². The van der Waals surface area contributed by atoms with Gasteiger partial charge in [0.05, 0.1) is 13.2 Å². The van der Waals surface area contributed by atoms with Gasteiger partial charge in [0.25, 0.3) is 5.91 Å². The number of urea groups is 1. The van der Waals surface area contributed by atoms with E-state index in [1.54, 1.807) is 7.11 Å². The summed E-state index contributed by atoms with van der Waals surface area (Å²) in [5, 5.41) is 5.56. The molecule has 0 aliphatic carbocycles. The molecule has 7 heteroatoms. The third kappa shape index (κ3) is 5.17. The predicted octanol–water partition coefficient (Wildman–Crippen LogP) is 2.82. The zero-order valence-corrected chi connectivity index (χ0v) is 17.3. The van der Waals surface area contributed by atoms with E-state index in [2.05, 4.69) is 10.6 Å². The third-order valence-corrected chi connectivity index (χ3v) is 5.28. The summed E-state index contributed by atoms with van der Waals surface area (Å²) in [5.41, 5.74) is 1.98. The molecule has 2 N–H and O–H groups in total. The fraction of sp³-hybridized carbons (Fsp3) is 0.348. The SMILES string of the molecule is COc1ccc(CCNC(=O)CC[C@@H]2NC(=O)N([C@@H](C)c3ccccc3)C2=O)cc1. The van der Waals surface area contributed by atoms with Crippen LogP contribution in [-0.4, -0.2) is 42.4 Å². The van der Waals surface area contributed by atoms with E-state index in [0.29, 0.717) is 13.0 Å². The summed E-state index contributed by atoms with van der Waals surface area (Å²) in [5.74, 6) is 0.365. The maximum absolute atomic E-state index is 12.7. The van der Waals surface area contributed by atoms with Gasteiger partial charge in [-0.05, 0) is 43.0 Å². The fourth-order valence-electron chi connectivity index (χ4n) is 3.49. The number of amides is 4. The molecule has 1 heterocycles. The number of imide groups is 1. The molecule has 0 aromatic heterocycles. The number of benzene rings is 2. The molecule has 2 aromatic rings. The molecule has 1 aliphatic rings. The van der Waals surface area contributed by atoms with Gasteiger partial charge in [-0.15, -0.1) is 0 Å². The third-order valence-electron chi connectivity index (χ3n) is 5.28. The van der Waals surface area contributed by atoms with Gasteiger partial charge in [0.15, 0.2) is 0 Å². The van der Waals surface area contributed by atoms with Crippen molar-refractivity contribution in [3.8, 4) is 5.75 Å². The number of nitrogens with zero attached hydrogens (tertiary/aromatic N) is 1. The predicted molar refractivity (Wildman–Crippen MR) is 113 cm³/mol. The van der Waals surface area contributed by atoms with Gasteiger partial charge in [-0.25, -0.2) is 4.79 Å². The van der Waals surface area contributed by atoms with Crippen molar-refractivity contribution >= 4 is 17.8 Å². The summed E-state index contributed by atoms with van der Waals surface area (Å²) in [4.78, 5) is 38.4. The molecular formula is C23H27N3O4. The number of hydrogen-bond acceptors (Lipinski definition) is 4. The number of rotatable bonds is 9. The summed E-state index contributed by atoms with van der Waals surface area (Å²) in [6.07, 6.45) is 1.15. The van der Waals surface area contributed by atoms with E-state index in [1.165, 1.54) is 4.90 Å². The lowest BCUT2D eigenvalue weighted by atomic mass is 10.1. The molecule has 1 fully saturated rings. The highest BCUT2D eigenvalue weighted by Crippen LogP contribution is 2.25. The topological polar surface area (TPSA) is 87.7 Å². The lowest BCUT2D eigenvalue weighted by Gasteiger charge is -2.21. The molecule has 0 spiro atoms.